The molecule has 0 saturated carbocycles. The zero-order valence-corrected chi connectivity index (χ0v) is 12.2. The minimum Gasteiger partial charge on any atom is -0.475 e. The molecule has 1 aliphatic rings. The Morgan fingerprint density at radius 2 is 2.29 bits per heavy atom. The third kappa shape index (κ3) is 3.83. The maximum atomic E-state index is 12.2. The van der Waals surface area contributed by atoms with E-state index in [1.807, 2.05) is 18.7 Å². The van der Waals surface area contributed by atoms with Crippen LogP contribution in [0.25, 0.3) is 0 Å². The molecule has 116 valence electrons. The van der Waals surface area contributed by atoms with Crippen molar-refractivity contribution in [2.75, 3.05) is 19.8 Å². The molecular formula is C14H20N2O5. The van der Waals surface area contributed by atoms with Gasteiger partial charge in [-0.05, 0) is 19.9 Å². The Morgan fingerprint density at radius 1 is 1.52 bits per heavy atom. The molecule has 7 heteroatoms. The first kappa shape index (κ1) is 15.5. The number of furan rings is 1. The fourth-order valence-corrected chi connectivity index (χ4v) is 2.32. The van der Waals surface area contributed by atoms with Gasteiger partial charge in [-0.1, -0.05) is 0 Å². The van der Waals surface area contributed by atoms with Crippen LogP contribution in [-0.4, -0.2) is 53.7 Å². The molecule has 0 radical (unpaired) electrons. The number of hydrogen-bond acceptors (Lipinski definition) is 5. The van der Waals surface area contributed by atoms with Crippen LogP contribution < -0.4 is 5.32 Å². The number of rotatable bonds is 5. The summed E-state index contributed by atoms with van der Waals surface area (Å²) < 4.78 is 10.3. The highest BCUT2D eigenvalue weighted by Crippen LogP contribution is 2.17. The van der Waals surface area contributed by atoms with Gasteiger partial charge in [-0.15, -0.1) is 0 Å². The quantitative estimate of drug-likeness (QED) is 0.831. The van der Waals surface area contributed by atoms with Crippen molar-refractivity contribution >= 4 is 11.9 Å². The van der Waals surface area contributed by atoms with Gasteiger partial charge in [-0.2, -0.15) is 0 Å². The summed E-state index contributed by atoms with van der Waals surface area (Å²) in [6, 6.07) is 1.25. The predicted octanol–water partition coefficient (Wildman–Crippen LogP) is 0.703. The van der Waals surface area contributed by atoms with Crippen molar-refractivity contribution in [1.29, 1.82) is 0 Å². The third-order valence-electron chi connectivity index (χ3n) is 3.29. The van der Waals surface area contributed by atoms with E-state index in [1.54, 1.807) is 6.07 Å². The number of nitrogens with one attached hydrogen (secondary N) is 1. The fraction of sp³-hybridized carbons (Fsp3) is 0.571. The summed E-state index contributed by atoms with van der Waals surface area (Å²) in [5, 5.41) is 11.9. The van der Waals surface area contributed by atoms with Gasteiger partial charge in [0.1, 0.15) is 6.04 Å². The Balaban J connectivity index is 2.10. The van der Waals surface area contributed by atoms with E-state index in [2.05, 4.69) is 5.32 Å². The number of amides is 1. The van der Waals surface area contributed by atoms with Gasteiger partial charge in [0.05, 0.1) is 19.5 Å². The summed E-state index contributed by atoms with van der Waals surface area (Å²) in [6.45, 7) is 5.53. The average molecular weight is 296 g/mol. The monoisotopic (exact) mass is 296 g/mol. The van der Waals surface area contributed by atoms with Crippen molar-refractivity contribution in [3.8, 4) is 0 Å². The van der Waals surface area contributed by atoms with Crippen LogP contribution in [0.1, 0.15) is 30.0 Å². The number of hydrogen-bond donors (Lipinski definition) is 2. The van der Waals surface area contributed by atoms with Crippen molar-refractivity contribution in [2.24, 2.45) is 0 Å². The number of carboxylic acids is 1. The predicted molar refractivity (Wildman–Crippen MR) is 74.0 cm³/mol. The zero-order chi connectivity index (χ0) is 15.4. The first-order chi connectivity index (χ1) is 9.99. The molecule has 2 N–H and O–H groups in total. The van der Waals surface area contributed by atoms with E-state index in [-0.39, 0.29) is 17.7 Å². The summed E-state index contributed by atoms with van der Waals surface area (Å²) in [4.78, 5) is 25.2. The van der Waals surface area contributed by atoms with E-state index in [0.29, 0.717) is 31.9 Å². The number of carbonyl (C=O) groups excluding carboxylic acids is 1. The molecule has 0 aromatic carbocycles. The molecule has 0 aliphatic carbocycles. The molecule has 1 saturated heterocycles. The van der Waals surface area contributed by atoms with E-state index >= 15 is 0 Å². The van der Waals surface area contributed by atoms with Crippen molar-refractivity contribution in [2.45, 2.75) is 32.5 Å². The smallest absolute Gasteiger partial charge is 0.372 e. The van der Waals surface area contributed by atoms with E-state index < -0.39 is 12.0 Å². The molecule has 1 fully saturated rings. The average Bonchev–Trinajstić information content (AvgIpc) is 2.87. The Bertz CT molecular complexity index is 511. The first-order valence-electron chi connectivity index (χ1n) is 6.91. The highest BCUT2D eigenvalue weighted by Gasteiger charge is 2.31. The lowest BCUT2D eigenvalue weighted by Gasteiger charge is -2.34. The molecule has 1 amide bonds. The van der Waals surface area contributed by atoms with Gasteiger partial charge < -0.3 is 19.6 Å². The van der Waals surface area contributed by atoms with E-state index in [0.717, 1.165) is 0 Å². The molecule has 2 rings (SSSR count). The molecule has 0 bridgehead atoms. The van der Waals surface area contributed by atoms with Crippen molar-refractivity contribution in [3.05, 3.63) is 23.7 Å². The maximum absolute atomic E-state index is 12.2. The fourth-order valence-electron chi connectivity index (χ4n) is 2.32. The molecule has 1 aromatic rings. The molecule has 0 spiro atoms. The second kappa shape index (κ2) is 6.73. The van der Waals surface area contributed by atoms with Gasteiger partial charge in [0.25, 0.3) is 0 Å². The van der Waals surface area contributed by atoms with Gasteiger partial charge in [-0.3, -0.25) is 9.69 Å². The number of carbonyl (C=O) groups is 2. The largest absolute Gasteiger partial charge is 0.475 e. The number of carboxylic acid groups (broad SMARTS) is 1. The van der Waals surface area contributed by atoms with E-state index in [4.69, 9.17) is 14.3 Å². The minimum absolute atomic E-state index is 0.0461. The maximum Gasteiger partial charge on any atom is 0.372 e. The molecule has 1 aromatic heterocycles. The van der Waals surface area contributed by atoms with Crippen molar-refractivity contribution in [1.82, 2.24) is 10.2 Å². The molecule has 21 heavy (non-hydrogen) atoms. The summed E-state index contributed by atoms with van der Waals surface area (Å²) in [6.07, 6.45) is 1.35. The van der Waals surface area contributed by atoms with E-state index in [9.17, 15) is 9.59 Å². The molecule has 1 aliphatic heterocycles. The van der Waals surface area contributed by atoms with Gasteiger partial charge in [0.2, 0.25) is 11.7 Å². The lowest BCUT2D eigenvalue weighted by atomic mass is 10.1. The SMILES string of the molecule is CC(C)NC(=O)C1COCCN1Cc1ccoc1C(=O)O. The molecule has 7 nitrogen and oxygen atoms in total. The second-order valence-corrected chi connectivity index (χ2v) is 5.30. The third-order valence-corrected chi connectivity index (χ3v) is 3.29. The molecule has 1 atom stereocenters. The minimum atomic E-state index is -1.11. The van der Waals surface area contributed by atoms with Gasteiger partial charge in [0, 0.05) is 24.7 Å². The molecule has 1 unspecified atom stereocenters. The van der Waals surface area contributed by atoms with Crippen molar-refractivity contribution in [3.63, 3.8) is 0 Å². The Hall–Kier alpha value is -1.86. The summed E-state index contributed by atoms with van der Waals surface area (Å²) in [5.74, 6) is -1.29. The highest BCUT2D eigenvalue weighted by molar-refractivity contribution is 5.86. The Kier molecular flexibility index (Phi) is 4.98. The van der Waals surface area contributed by atoms with Crippen LogP contribution in [0.2, 0.25) is 0 Å². The van der Waals surface area contributed by atoms with Crippen LogP contribution in [0.3, 0.4) is 0 Å². The number of aromatic carboxylic acids is 1. The van der Waals surface area contributed by atoms with Gasteiger partial charge >= 0.3 is 5.97 Å². The number of ether oxygens (including phenoxy) is 1. The lowest BCUT2D eigenvalue weighted by Crippen LogP contribution is -2.54. The molecule has 2 heterocycles. The first-order valence-corrected chi connectivity index (χ1v) is 6.91. The van der Waals surface area contributed by atoms with Crippen molar-refractivity contribution < 1.29 is 23.8 Å². The standard InChI is InChI=1S/C14H20N2O5/c1-9(2)15-13(17)11-8-20-6-4-16(11)7-10-3-5-21-12(10)14(18)19/h3,5,9,11H,4,6-8H2,1-2H3,(H,15,17)(H,18,19). The Morgan fingerprint density at radius 3 is 2.95 bits per heavy atom. The van der Waals surface area contributed by atoms with Crippen LogP contribution in [0.5, 0.6) is 0 Å². The molecular weight excluding hydrogens is 276 g/mol. The highest BCUT2D eigenvalue weighted by atomic mass is 16.5. The van der Waals surface area contributed by atoms with E-state index in [1.165, 1.54) is 6.26 Å². The normalized spacial score (nSPS) is 19.7. The second-order valence-electron chi connectivity index (χ2n) is 5.30. The van der Waals surface area contributed by atoms with Crippen LogP contribution in [0.4, 0.5) is 0 Å². The van der Waals surface area contributed by atoms with Gasteiger partial charge in [-0.25, -0.2) is 4.79 Å². The topological polar surface area (TPSA) is 92.0 Å². The Labute approximate surface area is 122 Å². The summed E-state index contributed by atoms with van der Waals surface area (Å²) in [5.41, 5.74) is 0.562. The zero-order valence-electron chi connectivity index (χ0n) is 12.2. The number of nitrogens with zero attached hydrogens (tertiary/aromatic N) is 1. The summed E-state index contributed by atoms with van der Waals surface area (Å²) >= 11 is 0. The summed E-state index contributed by atoms with van der Waals surface area (Å²) in [7, 11) is 0. The lowest BCUT2D eigenvalue weighted by molar-refractivity contribution is -0.133. The number of morpholine rings is 1. The van der Waals surface area contributed by atoms with Crippen LogP contribution in [-0.2, 0) is 16.1 Å². The van der Waals surface area contributed by atoms with Gasteiger partial charge in [0.15, 0.2) is 0 Å². The van der Waals surface area contributed by atoms with Crippen LogP contribution in [0, 0.1) is 0 Å². The van der Waals surface area contributed by atoms with Crippen LogP contribution in [0.15, 0.2) is 16.7 Å². The van der Waals surface area contributed by atoms with Crippen LogP contribution >= 0.6 is 0 Å².